The number of pyridine rings is 1. The van der Waals surface area contributed by atoms with Crippen molar-refractivity contribution in [2.45, 2.75) is 13.5 Å². The van der Waals surface area contributed by atoms with Crippen LogP contribution in [0.5, 0.6) is 11.5 Å². The zero-order chi connectivity index (χ0) is 18.5. The maximum Gasteiger partial charge on any atom is 0.344 e. The number of nitrogens with zero attached hydrogens (tertiary/aromatic N) is 2. The van der Waals surface area contributed by atoms with Gasteiger partial charge in [0.25, 0.3) is 5.56 Å². The van der Waals surface area contributed by atoms with Crippen molar-refractivity contribution in [3.63, 3.8) is 0 Å². The van der Waals surface area contributed by atoms with Gasteiger partial charge in [0.05, 0.1) is 12.8 Å². The molecule has 0 saturated heterocycles. The van der Waals surface area contributed by atoms with Crippen molar-refractivity contribution >= 4 is 11.6 Å². The van der Waals surface area contributed by atoms with Crippen molar-refractivity contribution in [2.75, 3.05) is 13.7 Å². The smallest absolute Gasteiger partial charge is 0.344 e. The van der Waals surface area contributed by atoms with Gasteiger partial charge in [-0.3, -0.25) is 9.20 Å². The first-order valence-electron chi connectivity index (χ1n) is 7.96. The van der Waals surface area contributed by atoms with Crippen LogP contribution >= 0.6 is 0 Å². The molecule has 0 unspecified atom stereocenters. The monoisotopic (exact) mass is 354 g/mol. The zero-order valence-electron chi connectivity index (χ0n) is 14.5. The van der Waals surface area contributed by atoms with Crippen LogP contribution in [0.1, 0.15) is 11.3 Å². The summed E-state index contributed by atoms with van der Waals surface area (Å²) in [6.45, 7) is 1.58. The van der Waals surface area contributed by atoms with E-state index in [1.165, 1.54) is 10.5 Å². The van der Waals surface area contributed by atoms with Crippen LogP contribution in [0.15, 0.2) is 53.5 Å². The minimum Gasteiger partial charge on any atom is -0.497 e. The molecule has 0 radical (unpaired) electrons. The van der Waals surface area contributed by atoms with Crippen molar-refractivity contribution in [3.8, 4) is 11.5 Å². The molecule has 0 bridgehead atoms. The van der Waals surface area contributed by atoms with Crippen molar-refractivity contribution in [1.82, 2.24) is 9.38 Å². The molecule has 0 spiro atoms. The van der Waals surface area contributed by atoms with Gasteiger partial charge in [0.1, 0.15) is 23.8 Å². The number of hydrogen-bond donors (Lipinski definition) is 0. The van der Waals surface area contributed by atoms with E-state index >= 15 is 0 Å². The minimum absolute atomic E-state index is 0.0928. The SMILES string of the molecule is COc1ccc(OCC(=O)OCc2cc(=O)n3ccc(C)cc3n2)cc1. The first-order chi connectivity index (χ1) is 12.5. The van der Waals surface area contributed by atoms with E-state index < -0.39 is 5.97 Å². The highest BCUT2D eigenvalue weighted by atomic mass is 16.6. The van der Waals surface area contributed by atoms with Gasteiger partial charge in [-0.15, -0.1) is 0 Å². The van der Waals surface area contributed by atoms with E-state index in [-0.39, 0.29) is 18.8 Å². The van der Waals surface area contributed by atoms with Crippen LogP contribution in [-0.2, 0) is 16.1 Å². The van der Waals surface area contributed by atoms with Gasteiger partial charge in [-0.25, -0.2) is 9.78 Å². The molecule has 2 aromatic heterocycles. The third kappa shape index (κ3) is 4.18. The van der Waals surface area contributed by atoms with Gasteiger partial charge in [0.15, 0.2) is 6.61 Å². The summed E-state index contributed by atoms with van der Waals surface area (Å²) in [6, 6.07) is 11.8. The molecule has 7 nitrogen and oxygen atoms in total. The molecular weight excluding hydrogens is 336 g/mol. The third-order valence-corrected chi connectivity index (χ3v) is 3.67. The van der Waals surface area contributed by atoms with Crippen molar-refractivity contribution in [2.24, 2.45) is 0 Å². The van der Waals surface area contributed by atoms with Crippen LogP contribution in [-0.4, -0.2) is 29.1 Å². The van der Waals surface area contributed by atoms with Crippen molar-refractivity contribution in [3.05, 3.63) is 70.3 Å². The summed E-state index contributed by atoms with van der Waals surface area (Å²) in [4.78, 5) is 28.2. The van der Waals surface area contributed by atoms with Crippen LogP contribution in [0.4, 0.5) is 0 Å². The van der Waals surface area contributed by atoms with E-state index in [1.807, 2.05) is 13.0 Å². The van der Waals surface area contributed by atoms with Gasteiger partial charge in [0, 0.05) is 12.3 Å². The predicted octanol–water partition coefficient (Wildman–Crippen LogP) is 2.13. The lowest BCUT2D eigenvalue weighted by Gasteiger charge is -2.08. The largest absolute Gasteiger partial charge is 0.497 e. The Kier molecular flexibility index (Phi) is 5.17. The normalized spacial score (nSPS) is 10.5. The fourth-order valence-electron chi connectivity index (χ4n) is 2.34. The number of benzene rings is 1. The Labute approximate surface area is 149 Å². The molecule has 0 N–H and O–H groups in total. The van der Waals surface area contributed by atoms with Crippen LogP contribution in [0.25, 0.3) is 5.65 Å². The number of fused-ring (bicyclic) bond motifs is 1. The number of ether oxygens (including phenoxy) is 3. The molecule has 134 valence electrons. The number of carbonyl (C=O) groups excluding carboxylic acids is 1. The number of carbonyl (C=O) groups is 1. The molecule has 26 heavy (non-hydrogen) atoms. The Morgan fingerprint density at radius 1 is 1.12 bits per heavy atom. The number of hydrogen-bond acceptors (Lipinski definition) is 6. The Morgan fingerprint density at radius 3 is 2.58 bits per heavy atom. The van der Waals surface area contributed by atoms with E-state index in [0.717, 1.165) is 5.56 Å². The summed E-state index contributed by atoms with van der Waals surface area (Å²) in [5.41, 5.74) is 1.66. The van der Waals surface area contributed by atoms with Crippen LogP contribution in [0.2, 0.25) is 0 Å². The molecule has 0 saturated carbocycles. The average molecular weight is 354 g/mol. The fourth-order valence-corrected chi connectivity index (χ4v) is 2.34. The van der Waals surface area contributed by atoms with Crippen LogP contribution in [0.3, 0.4) is 0 Å². The first-order valence-corrected chi connectivity index (χ1v) is 7.96. The molecule has 2 heterocycles. The lowest BCUT2D eigenvalue weighted by Crippen LogP contribution is -2.18. The second-order valence-electron chi connectivity index (χ2n) is 5.64. The second-order valence-corrected chi connectivity index (χ2v) is 5.64. The van der Waals surface area contributed by atoms with E-state index in [4.69, 9.17) is 14.2 Å². The minimum atomic E-state index is -0.549. The maximum absolute atomic E-state index is 12.1. The Bertz CT molecular complexity index is 979. The highest BCUT2D eigenvalue weighted by Crippen LogP contribution is 2.16. The summed E-state index contributed by atoms with van der Waals surface area (Å²) >= 11 is 0. The first kappa shape index (κ1) is 17.5. The zero-order valence-corrected chi connectivity index (χ0v) is 14.5. The number of methoxy groups -OCH3 is 1. The van der Waals surface area contributed by atoms with Crippen LogP contribution < -0.4 is 15.0 Å². The third-order valence-electron chi connectivity index (χ3n) is 3.67. The topological polar surface area (TPSA) is 79.1 Å². The number of aromatic nitrogens is 2. The van der Waals surface area contributed by atoms with Gasteiger partial charge in [-0.1, -0.05) is 0 Å². The van der Waals surface area contributed by atoms with Gasteiger partial charge in [-0.2, -0.15) is 0 Å². The Hall–Kier alpha value is -3.35. The lowest BCUT2D eigenvalue weighted by atomic mass is 10.3. The molecule has 0 amide bonds. The van der Waals surface area contributed by atoms with Crippen LogP contribution in [0, 0.1) is 6.92 Å². The predicted molar refractivity (Wildman–Crippen MR) is 94.5 cm³/mol. The van der Waals surface area contributed by atoms with Gasteiger partial charge < -0.3 is 14.2 Å². The Morgan fingerprint density at radius 2 is 1.85 bits per heavy atom. The van der Waals surface area contributed by atoms with Gasteiger partial charge in [0.2, 0.25) is 0 Å². The quantitative estimate of drug-likeness (QED) is 0.631. The highest BCUT2D eigenvalue weighted by molar-refractivity contribution is 5.71. The van der Waals surface area contributed by atoms with E-state index in [2.05, 4.69) is 4.98 Å². The number of aryl methyl sites for hydroxylation is 1. The molecule has 0 aliphatic heterocycles. The summed E-state index contributed by atoms with van der Waals surface area (Å²) in [7, 11) is 1.57. The molecule has 1 aromatic carbocycles. The van der Waals surface area contributed by atoms with Crippen molar-refractivity contribution in [1.29, 1.82) is 0 Å². The molecule has 0 aliphatic carbocycles. The fraction of sp³-hybridized carbons (Fsp3) is 0.211. The molecule has 3 rings (SSSR count). The van der Waals surface area contributed by atoms with Gasteiger partial charge in [-0.05, 0) is 48.9 Å². The van der Waals surface area contributed by atoms with Crippen molar-refractivity contribution < 1.29 is 19.0 Å². The Balaban J connectivity index is 1.58. The standard InChI is InChI=1S/C19H18N2O5/c1-13-7-8-21-17(9-13)20-14(10-18(21)22)11-26-19(23)12-25-16-5-3-15(24-2)4-6-16/h3-10H,11-12H2,1-2H3. The van der Waals surface area contributed by atoms with Gasteiger partial charge >= 0.3 is 5.97 Å². The number of esters is 1. The molecule has 3 aromatic rings. The molecule has 0 atom stereocenters. The summed E-state index contributed by atoms with van der Waals surface area (Å²) in [6.07, 6.45) is 1.67. The lowest BCUT2D eigenvalue weighted by molar-refractivity contribution is -0.147. The van der Waals surface area contributed by atoms with E-state index in [0.29, 0.717) is 22.8 Å². The van der Waals surface area contributed by atoms with E-state index in [1.54, 1.807) is 43.6 Å². The maximum atomic E-state index is 12.1. The van der Waals surface area contributed by atoms with E-state index in [9.17, 15) is 9.59 Å². The highest BCUT2D eigenvalue weighted by Gasteiger charge is 2.08. The summed E-state index contributed by atoms with van der Waals surface area (Å²) in [5.74, 6) is 0.677. The molecule has 0 fully saturated rings. The second kappa shape index (κ2) is 7.69. The summed E-state index contributed by atoms with van der Waals surface area (Å²) < 4.78 is 17.0. The molecular formula is C19H18N2O5. The number of rotatable bonds is 6. The summed E-state index contributed by atoms with van der Waals surface area (Å²) in [5, 5.41) is 0. The molecule has 7 heteroatoms. The molecule has 0 aliphatic rings. The average Bonchev–Trinajstić information content (AvgIpc) is 2.64.